The molecule has 0 heterocycles. The molecule has 0 aromatic heterocycles. The Labute approximate surface area is 120 Å². The summed E-state index contributed by atoms with van der Waals surface area (Å²) in [6.45, 7) is 4.35. The second-order valence-corrected chi connectivity index (χ2v) is 5.71. The van der Waals surface area contributed by atoms with Gasteiger partial charge < -0.3 is 5.32 Å². The Balaban J connectivity index is 2.20. The van der Waals surface area contributed by atoms with Gasteiger partial charge >= 0.3 is 5.69 Å². The van der Waals surface area contributed by atoms with Gasteiger partial charge in [-0.2, -0.15) is 4.39 Å². The highest BCUT2D eigenvalue weighted by molar-refractivity contribution is 5.95. The van der Waals surface area contributed by atoms with Crippen molar-refractivity contribution in [3.8, 4) is 0 Å². The maximum atomic E-state index is 13.9. The SMILES string of the molecule is CC(C)C1(CNC(=O)c2c(F)ccc([N+](=O)[O-])c2F)CC1. The summed E-state index contributed by atoms with van der Waals surface area (Å²) < 4.78 is 27.5. The molecular weight excluding hydrogens is 282 g/mol. The summed E-state index contributed by atoms with van der Waals surface area (Å²) in [5, 5.41) is 13.1. The van der Waals surface area contributed by atoms with Gasteiger partial charge in [0.05, 0.1) is 4.92 Å². The summed E-state index contributed by atoms with van der Waals surface area (Å²) >= 11 is 0. The van der Waals surface area contributed by atoms with E-state index in [1.54, 1.807) is 0 Å². The van der Waals surface area contributed by atoms with Crippen LogP contribution in [0.15, 0.2) is 12.1 Å². The second kappa shape index (κ2) is 5.38. The van der Waals surface area contributed by atoms with Gasteiger partial charge in [-0.3, -0.25) is 14.9 Å². The summed E-state index contributed by atoms with van der Waals surface area (Å²) in [4.78, 5) is 21.6. The van der Waals surface area contributed by atoms with E-state index >= 15 is 0 Å². The number of halogens is 2. The molecule has 1 fully saturated rings. The molecule has 1 N–H and O–H groups in total. The molecule has 0 spiro atoms. The Morgan fingerprint density at radius 1 is 1.43 bits per heavy atom. The molecule has 7 heteroatoms. The fourth-order valence-corrected chi connectivity index (χ4v) is 2.35. The topological polar surface area (TPSA) is 72.2 Å². The van der Waals surface area contributed by atoms with Crippen molar-refractivity contribution in [2.24, 2.45) is 11.3 Å². The van der Waals surface area contributed by atoms with Crippen LogP contribution in [0.5, 0.6) is 0 Å². The molecule has 0 atom stereocenters. The zero-order chi connectivity index (χ0) is 15.8. The molecule has 1 aliphatic carbocycles. The van der Waals surface area contributed by atoms with Gasteiger partial charge in [-0.15, -0.1) is 0 Å². The minimum absolute atomic E-state index is 0.0245. The van der Waals surface area contributed by atoms with Crippen LogP contribution in [-0.4, -0.2) is 17.4 Å². The van der Waals surface area contributed by atoms with E-state index in [2.05, 4.69) is 5.32 Å². The van der Waals surface area contributed by atoms with Crippen molar-refractivity contribution >= 4 is 11.6 Å². The van der Waals surface area contributed by atoms with E-state index in [9.17, 15) is 23.7 Å². The maximum Gasteiger partial charge on any atom is 0.305 e. The number of amides is 1. The standard InChI is InChI=1S/C14H16F2N2O3/c1-8(2)14(5-6-14)7-17-13(19)11-9(15)3-4-10(12(11)16)18(20)21/h3-4,8H,5-7H2,1-2H3,(H,17,19). The highest BCUT2D eigenvalue weighted by Crippen LogP contribution is 2.51. The van der Waals surface area contributed by atoms with E-state index in [1.807, 2.05) is 13.8 Å². The van der Waals surface area contributed by atoms with Crippen LogP contribution in [0.1, 0.15) is 37.0 Å². The lowest BCUT2D eigenvalue weighted by Gasteiger charge is -2.20. The predicted molar refractivity (Wildman–Crippen MR) is 71.9 cm³/mol. The third-order valence-corrected chi connectivity index (χ3v) is 4.21. The largest absolute Gasteiger partial charge is 0.351 e. The number of hydrogen-bond acceptors (Lipinski definition) is 3. The molecule has 1 aromatic rings. The molecule has 0 aliphatic heterocycles. The van der Waals surface area contributed by atoms with Crippen LogP contribution in [-0.2, 0) is 0 Å². The Hall–Kier alpha value is -2.05. The summed E-state index contributed by atoms with van der Waals surface area (Å²) in [5.41, 5.74) is -1.83. The molecule has 1 amide bonds. The molecule has 5 nitrogen and oxygen atoms in total. The van der Waals surface area contributed by atoms with Gasteiger partial charge in [-0.05, 0) is 30.2 Å². The molecule has 0 radical (unpaired) electrons. The molecule has 0 saturated heterocycles. The van der Waals surface area contributed by atoms with Crippen LogP contribution >= 0.6 is 0 Å². The first-order valence-corrected chi connectivity index (χ1v) is 6.69. The van der Waals surface area contributed by atoms with Crippen molar-refractivity contribution in [2.75, 3.05) is 6.54 Å². The molecule has 1 saturated carbocycles. The lowest BCUT2D eigenvalue weighted by molar-refractivity contribution is -0.387. The van der Waals surface area contributed by atoms with E-state index in [0.717, 1.165) is 18.9 Å². The van der Waals surface area contributed by atoms with Crippen molar-refractivity contribution in [1.82, 2.24) is 5.32 Å². The van der Waals surface area contributed by atoms with E-state index < -0.39 is 33.7 Å². The van der Waals surface area contributed by atoms with Gasteiger partial charge in [0.1, 0.15) is 11.4 Å². The lowest BCUT2D eigenvalue weighted by atomic mass is 9.92. The molecule has 2 rings (SSSR count). The molecule has 0 bridgehead atoms. The minimum Gasteiger partial charge on any atom is -0.351 e. The van der Waals surface area contributed by atoms with Crippen LogP contribution in [0.25, 0.3) is 0 Å². The Morgan fingerprint density at radius 3 is 2.52 bits per heavy atom. The van der Waals surface area contributed by atoms with Gasteiger partial charge in [0, 0.05) is 12.6 Å². The van der Waals surface area contributed by atoms with Crippen LogP contribution < -0.4 is 5.32 Å². The van der Waals surface area contributed by atoms with Gasteiger partial charge in [0.2, 0.25) is 5.82 Å². The molecule has 0 unspecified atom stereocenters. The molecule has 21 heavy (non-hydrogen) atoms. The maximum absolute atomic E-state index is 13.9. The number of hydrogen-bond donors (Lipinski definition) is 1. The van der Waals surface area contributed by atoms with E-state index in [-0.39, 0.29) is 5.41 Å². The summed E-state index contributed by atoms with van der Waals surface area (Å²) in [7, 11) is 0. The van der Waals surface area contributed by atoms with Crippen molar-refractivity contribution in [3.63, 3.8) is 0 Å². The minimum atomic E-state index is -1.44. The molecular formula is C14H16F2N2O3. The first kappa shape index (κ1) is 15.3. The smallest absolute Gasteiger partial charge is 0.305 e. The van der Waals surface area contributed by atoms with Gasteiger partial charge in [-0.1, -0.05) is 13.8 Å². The number of rotatable bonds is 5. The summed E-state index contributed by atoms with van der Waals surface area (Å²) in [6, 6.07) is 1.43. The fraction of sp³-hybridized carbons (Fsp3) is 0.500. The van der Waals surface area contributed by atoms with Crippen molar-refractivity contribution in [3.05, 3.63) is 39.4 Å². The highest BCUT2D eigenvalue weighted by Gasteiger charge is 2.45. The van der Waals surface area contributed by atoms with E-state index in [1.165, 1.54) is 0 Å². The Bertz CT molecular complexity index is 598. The Kier molecular flexibility index (Phi) is 3.93. The van der Waals surface area contributed by atoms with Crippen LogP contribution in [0.4, 0.5) is 14.5 Å². The number of carbonyl (C=O) groups is 1. The second-order valence-electron chi connectivity index (χ2n) is 5.71. The van der Waals surface area contributed by atoms with Gasteiger partial charge in [0.25, 0.3) is 5.91 Å². The number of nitrogens with zero attached hydrogens (tertiary/aromatic N) is 1. The predicted octanol–water partition coefficient (Wildman–Crippen LogP) is 3.04. The Morgan fingerprint density at radius 2 is 2.05 bits per heavy atom. The van der Waals surface area contributed by atoms with Gasteiger partial charge in [-0.25, -0.2) is 4.39 Å². The van der Waals surface area contributed by atoms with Crippen molar-refractivity contribution < 1.29 is 18.5 Å². The average molecular weight is 298 g/mol. The van der Waals surface area contributed by atoms with E-state index in [4.69, 9.17) is 0 Å². The van der Waals surface area contributed by atoms with Crippen LogP contribution in [0.3, 0.4) is 0 Å². The first-order chi connectivity index (χ1) is 9.78. The van der Waals surface area contributed by atoms with Crippen LogP contribution in [0.2, 0.25) is 0 Å². The first-order valence-electron chi connectivity index (χ1n) is 6.69. The third-order valence-electron chi connectivity index (χ3n) is 4.21. The van der Waals surface area contributed by atoms with Crippen molar-refractivity contribution in [1.29, 1.82) is 0 Å². The number of nitro benzene ring substituents is 1. The van der Waals surface area contributed by atoms with Crippen LogP contribution in [0, 0.1) is 33.1 Å². The molecule has 1 aliphatic rings. The molecule has 114 valence electrons. The monoisotopic (exact) mass is 298 g/mol. The summed E-state index contributed by atoms with van der Waals surface area (Å²) in [6.07, 6.45) is 1.90. The van der Waals surface area contributed by atoms with E-state index in [0.29, 0.717) is 18.5 Å². The zero-order valence-electron chi connectivity index (χ0n) is 11.8. The molecule has 1 aromatic carbocycles. The average Bonchev–Trinajstić information content (AvgIpc) is 3.17. The number of nitrogens with one attached hydrogen (secondary N) is 1. The number of carbonyl (C=O) groups excluding carboxylic acids is 1. The summed E-state index contributed by atoms with van der Waals surface area (Å²) in [5.74, 6) is -3.16. The number of benzene rings is 1. The number of nitro groups is 1. The van der Waals surface area contributed by atoms with Crippen molar-refractivity contribution in [2.45, 2.75) is 26.7 Å². The lowest BCUT2D eigenvalue weighted by Crippen LogP contribution is -2.33. The fourth-order valence-electron chi connectivity index (χ4n) is 2.35. The normalized spacial score (nSPS) is 15.9. The zero-order valence-corrected chi connectivity index (χ0v) is 11.8. The quantitative estimate of drug-likeness (QED) is 0.671. The van der Waals surface area contributed by atoms with Gasteiger partial charge in [0.15, 0.2) is 0 Å². The highest BCUT2D eigenvalue weighted by atomic mass is 19.1. The third kappa shape index (κ3) is 2.86.